The van der Waals surface area contributed by atoms with E-state index in [1.165, 1.54) is 18.5 Å². The van der Waals surface area contributed by atoms with Gasteiger partial charge in [0.1, 0.15) is 22.8 Å². The largest absolute Gasteiger partial charge is 0.383 e. The van der Waals surface area contributed by atoms with Crippen molar-refractivity contribution in [1.29, 1.82) is 0 Å². The summed E-state index contributed by atoms with van der Waals surface area (Å²) in [5, 5.41) is 6.01. The summed E-state index contributed by atoms with van der Waals surface area (Å²) in [6, 6.07) is 12.8. The third-order valence-corrected chi connectivity index (χ3v) is 5.26. The predicted molar refractivity (Wildman–Crippen MR) is 111 cm³/mol. The molecule has 0 fully saturated rings. The number of carbonyl (C=O) groups excluding carboxylic acids is 1. The zero-order chi connectivity index (χ0) is 19.7. The number of aryl methyl sites for hydroxylation is 1. The lowest BCUT2D eigenvalue weighted by atomic mass is 10.0. The van der Waals surface area contributed by atoms with Crippen molar-refractivity contribution in [2.24, 2.45) is 0 Å². The van der Waals surface area contributed by atoms with Gasteiger partial charge in [0.05, 0.1) is 11.1 Å². The molecule has 4 N–H and O–H groups in total. The Balaban J connectivity index is 1.56. The first-order chi connectivity index (χ1) is 13.5. The van der Waals surface area contributed by atoms with Gasteiger partial charge in [-0.05, 0) is 36.8 Å². The molecule has 0 saturated heterocycles. The number of fused-ring (bicyclic) bond motifs is 1. The van der Waals surface area contributed by atoms with Gasteiger partial charge in [-0.15, -0.1) is 11.3 Å². The van der Waals surface area contributed by atoms with E-state index in [1.807, 2.05) is 19.1 Å². The highest BCUT2D eigenvalue weighted by atomic mass is 32.1. The van der Waals surface area contributed by atoms with Crippen molar-refractivity contribution >= 4 is 44.8 Å². The highest BCUT2D eigenvalue weighted by Gasteiger charge is 2.15. The van der Waals surface area contributed by atoms with Crippen LogP contribution in [0.5, 0.6) is 0 Å². The van der Waals surface area contributed by atoms with Crippen LogP contribution in [0.3, 0.4) is 0 Å². The number of nitrogens with zero attached hydrogens (tertiary/aromatic N) is 2. The molecule has 0 atom stereocenters. The number of rotatable bonds is 3. The number of hydrogen-bond acceptors (Lipinski definition) is 5. The lowest BCUT2D eigenvalue weighted by molar-refractivity contribution is 0.262. The number of carbonyl (C=O) groups is 1. The van der Waals surface area contributed by atoms with E-state index < -0.39 is 11.8 Å². The van der Waals surface area contributed by atoms with E-state index in [4.69, 9.17) is 5.73 Å². The first-order valence-electron chi connectivity index (χ1n) is 8.45. The van der Waals surface area contributed by atoms with Gasteiger partial charge in [0, 0.05) is 16.1 Å². The summed E-state index contributed by atoms with van der Waals surface area (Å²) in [7, 11) is 0. The van der Waals surface area contributed by atoms with Crippen molar-refractivity contribution in [2.75, 3.05) is 16.4 Å². The Morgan fingerprint density at radius 2 is 1.82 bits per heavy atom. The number of urea groups is 1. The molecule has 0 unspecified atom stereocenters. The number of benzene rings is 2. The van der Waals surface area contributed by atoms with Gasteiger partial charge in [-0.1, -0.05) is 24.3 Å². The molecule has 0 radical (unpaired) electrons. The van der Waals surface area contributed by atoms with Gasteiger partial charge >= 0.3 is 6.03 Å². The molecule has 4 rings (SSSR count). The van der Waals surface area contributed by atoms with Crippen molar-refractivity contribution in [3.8, 4) is 11.1 Å². The smallest absolute Gasteiger partial charge is 0.323 e. The molecule has 0 aliphatic carbocycles. The van der Waals surface area contributed by atoms with E-state index >= 15 is 0 Å². The molecule has 0 aliphatic rings. The topological polar surface area (TPSA) is 92.9 Å². The minimum absolute atomic E-state index is 0.118. The van der Waals surface area contributed by atoms with E-state index in [9.17, 15) is 9.18 Å². The van der Waals surface area contributed by atoms with Crippen molar-refractivity contribution in [3.05, 3.63) is 65.6 Å². The normalized spacial score (nSPS) is 10.8. The fraction of sp³-hybridized carbons (Fsp3) is 0.0500. The molecule has 2 heterocycles. The van der Waals surface area contributed by atoms with Crippen LogP contribution in [0.4, 0.5) is 26.4 Å². The second-order valence-corrected chi connectivity index (χ2v) is 7.31. The number of anilines is 3. The van der Waals surface area contributed by atoms with Crippen molar-refractivity contribution < 1.29 is 9.18 Å². The summed E-state index contributed by atoms with van der Waals surface area (Å²) in [4.78, 5) is 22.4. The third-order valence-electron chi connectivity index (χ3n) is 4.25. The average Bonchev–Trinajstić information content (AvgIpc) is 3.01. The summed E-state index contributed by atoms with van der Waals surface area (Å²) < 4.78 is 13.6. The number of para-hydroxylation sites is 1. The average molecular weight is 393 g/mol. The highest BCUT2D eigenvalue weighted by molar-refractivity contribution is 7.19. The Bertz CT molecular complexity index is 1170. The first-order valence-corrected chi connectivity index (χ1v) is 9.27. The molecule has 0 saturated carbocycles. The minimum Gasteiger partial charge on any atom is -0.383 e. The molecule has 8 heteroatoms. The van der Waals surface area contributed by atoms with Crippen molar-refractivity contribution in [1.82, 2.24) is 9.97 Å². The third kappa shape index (κ3) is 3.37. The van der Waals surface area contributed by atoms with Crippen LogP contribution >= 0.6 is 11.3 Å². The van der Waals surface area contributed by atoms with Gasteiger partial charge in [-0.3, -0.25) is 0 Å². The van der Waals surface area contributed by atoms with Gasteiger partial charge in [0.2, 0.25) is 0 Å². The van der Waals surface area contributed by atoms with Crippen LogP contribution in [-0.4, -0.2) is 16.0 Å². The zero-order valence-corrected chi connectivity index (χ0v) is 15.7. The Hall–Kier alpha value is -3.52. The van der Waals surface area contributed by atoms with E-state index in [0.717, 1.165) is 26.2 Å². The van der Waals surface area contributed by atoms with Crippen LogP contribution in [0, 0.1) is 12.7 Å². The van der Waals surface area contributed by atoms with E-state index in [2.05, 4.69) is 20.6 Å². The summed E-state index contributed by atoms with van der Waals surface area (Å²) in [5.41, 5.74) is 8.68. The standard InChI is InChI=1S/C20H16FN5OS/c1-11-16(17-18(22)23-10-24-19(17)28-11)12-6-8-13(9-7-12)25-20(27)26-15-5-3-2-4-14(15)21/h2-10H,1H3,(H2,22,23,24)(H2,25,26,27). The molecule has 2 aromatic heterocycles. The van der Waals surface area contributed by atoms with Crippen molar-refractivity contribution in [3.63, 3.8) is 0 Å². The molecule has 2 amide bonds. The van der Waals surface area contributed by atoms with Gasteiger partial charge < -0.3 is 16.4 Å². The van der Waals surface area contributed by atoms with E-state index in [0.29, 0.717) is 11.5 Å². The minimum atomic E-state index is -0.521. The zero-order valence-electron chi connectivity index (χ0n) is 14.9. The number of hydrogen-bond donors (Lipinski definition) is 3. The van der Waals surface area contributed by atoms with Crippen LogP contribution in [-0.2, 0) is 0 Å². The van der Waals surface area contributed by atoms with Crippen LogP contribution < -0.4 is 16.4 Å². The number of halogens is 1. The number of aromatic nitrogens is 2. The fourth-order valence-electron chi connectivity index (χ4n) is 2.98. The maximum atomic E-state index is 13.6. The monoisotopic (exact) mass is 393 g/mol. The molecule has 2 aromatic carbocycles. The first kappa shape index (κ1) is 17.9. The quantitative estimate of drug-likeness (QED) is 0.455. The number of amides is 2. The molecule has 6 nitrogen and oxygen atoms in total. The van der Waals surface area contributed by atoms with Gasteiger partial charge in [0.25, 0.3) is 0 Å². The van der Waals surface area contributed by atoms with Gasteiger partial charge in [-0.2, -0.15) is 0 Å². The summed E-state index contributed by atoms with van der Waals surface area (Å²) >= 11 is 1.56. The maximum Gasteiger partial charge on any atom is 0.323 e. The fourth-order valence-corrected chi connectivity index (χ4v) is 4.00. The summed E-state index contributed by atoms with van der Waals surface area (Å²) in [5.74, 6) is -0.0524. The molecule has 0 spiro atoms. The molecule has 140 valence electrons. The lowest BCUT2D eigenvalue weighted by Gasteiger charge is -2.09. The molecule has 0 aliphatic heterocycles. The van der Waals surface area contributed by atoms with Crippen LogP contribution in [0.2, 0.25) is 0 Å². The Labute approximate surface area is 164 Å². The highest BCUT2D eigenvalue weighted by Crippen LogP contribution is 2.39. The summed E-state index contributed by atoms with van der Waals surface area (Å²) in [6.45, 7) is 2.01. The summed E-state index contributed by atoms with van der Waals surface area (Å²) in [6.07, 6.45) is 1.46. The molecular weight excluding hydrogens is 377 g/mol. The number of nitrogens with two attached hydrogens (primary N) is 1. The molecule has 28 heavy (non-hydrogen) atoms. The van der Waals surface area contributed by atoms with Gasteiger partial charge in [0.15, 0.2) is 0 Å². The molecular formula is C20H16FN5OS. The Kier molecular flexibility index (Phi) is 4.62. The van der Waals surface area contributed by atoms with Crippen molar-refractivity contribution in [2.45, 2.75) is 6.92 Å². The Morgan fingerprint density at radius 1 is 1.07 bits per heavy atom. The van der Waals surface area contributed by atoms with E-state index in [1.54, 1.807) is 35.6 Å². The van der Waals surface area contributed by atoms with E-state index in [-0.39, 0.29) is 5.69 Å². The number of nitrogens with one attached hydrogen (secondary N) is 2. The second-order valence-electron chi connectivity index (χ2n) is 6.11. The second kappa shape index (κ2) is 7.24. The van der Waals surface area contributed by atoms with Gasteiger partial charge in [-0.25, -0.2) is 19.2 Å². The lowest BCUT2D eigenvalue weighted by Crippen LogP contribution is -2.20. The van der Waals surface area contributed by atoms with Crippen LogP contribution in [0.15, 0.2) is 54.9 Å². The number of thiophene rings is 1. The van der Waals surface area contributed by atoms with Crippen LogP contribution in [0.1, 0.15) is 4.88 Å². The Morgan fingerprint density at radius 3 is 2.57 bits per heavy atom. The molecule has 0 bridgehead atoms. The van der Waals surface area contributed by atoms with Crippen LogP contribution in [0.25, 0.3) is 21.3 Å². The maximum absolute atomic E-state index is 13.6. The molecule has 4 aromatic rings. The number of nitrogen functional groups attached to an aromatic ring is 1. The predicted octanol–water partition coefficient (Wildman–Crippen LogP) is 5.03. The SMILES string of the molecule is Cc1sc2ncnc(N)c2c1-c1ccc(NC(=O)Nc2ccccc2F)cc1.